The van der Waals surface area contributed by atoms with Gasteiger partial charge in [0.25, 0.3) is 0 Å². The van der Waals surface area contributed by atoms with Gasteiger partial charge in [-0.15, -0.1) is 0 Å². The van der Waals surface area contributed by atoms with Crippen molar-refractivity contribution in [2.75, 3.05) is 13.2 Å². The van der Waals surface area contributed by atoms with Crippen LogP contribution in [0.25, 0.3) is 0 Å². The van der Waals surface area contributed by atoms with Crippen LogP contribution in [0.1, 0.15) is 90.4 Å². The maximum atomic E-state index is 10.4. The fraction of sp³-hybridized carbons (Fsp3) is 0.947. The summed E-state index contributed by atoms with van der Waals surface area (Å²) in [6.07, 6.45) is 13.4. The van der Waals surface area contributed by atoms with Gasteiger partial charge >= 0.3 is 5.97 Å². The van der Waals surface area contributed by atoms with Gasteiger partial charge in [-0.25, -0.2) is 4.79 Å². The van der Waals surface area contributed by atoms with Crippen LogP contribution < -0.4 is 0 Å². The molecule has 6 nitrogen and oxygen atoms in total. The average molecular weight is 365 g/mol. The number of rotatable bonds is 16. The van der Waals surface area contributed by atoms with Gasteiger partial charge in [0.2, 0.25) is 0 Å². The van der Waals surface area contributed by atoms with Crippen LogP contribution in [-0.2, 0) is 4.79 Å². The maximum absolute atomic E-state index is 10.4. The summed E-state index contributed by atoms with van der Waals surface area (Å²) >= 11 is 0. The average Bonchev–Trinajstić information content (AvgIpc) is 2.62. The van der Waals surface area contributed by atoms with Gasteiger partial charge < -0.3 is 25.5 Å². The molecule has 1 unspecified atom stereocenters. The first-order chi connectivity index (χ1) is 12.0. The molecule has 0 heterocycles. The van der Waals surface area contributed by atoms with E-state index in [2.05, 4.69) is 6.92 Å². The number of carboxylic acids is 1. The summed E-state index contributed by atoms with van der Waals surface area (Å²) in [7, 11) is 0. The van der Waals surface area contributed by atoms with Crippen molar-refractivity contribution in [1.29, 1.82) is 0 Å². The summed E-state index contributed by atoms with van der Waals surface area (Å²) in [5, 5.41) is 41.6. The van der Waals surface area contributed by atoms with Crippen molar-refractivity contribution in [3.8, 4) is 0 Å². The smallest absolute Gasteiger partial charge is 0.332 e. The summed E-state index contributed by atoms with van der Waals surface area (Å²) in [4.78, 5) is 10.4. The van der Waals surface area contributed by atoms with Crippen molar-refractivity contribution in [2.24, 2.45) is 0 Å². The molecule has 152 valence electrons. The lowest BCUT2D eigenvalue weighted by atomic mass is 10.0. The van der Waals surface area contributed by atoms with Gasteiger partial charge in [-0.05, 0) is 6.42 Å². The normalized spacial score (nSPS) is 11.9. The summed E-state index contributed by atoms with van der Waals surface area (Å²) in [6, 6.07) is 0. The van der Waals surface area contributed by atoms with Crippen molar-refractivity contribution < 1.29 is 30.3 Å². The molecule has 0 radical (unpaired) electrons. The SMILES string of the molecule is CCCCCCCCCCCCCCC(O)C(=O)O.OCC(O)CO. The second kappa shape index (κ2) is 21.4. The third-order valence-corrected chi connectivity index (χ3v) is 4.04. The molecule has 5 N–H and O–H groups in total. The molecule has 0 rings (SSSR count). The molecule has 0 fully saturated rings. The number of carbonyl (C=O) groups is 1. The van der Waals surface area contributed by atoms with E-state index < -0.39 is 18.2 Å². The van der Waals surface area contributed by atoms with E-state index in [0.29, 0.717) is 6.42 Å². The van der Waals surface area contributed by atoms with E-state index in [1.54, 1.807) is 0 Å². The maximum Gasteiger partial charge on any atom is 0.332 e. The lowest BCUT2D eigenvalue weighted by Crippen LogP contribution is -2.18. The Morgan fingerprint density at radius 3 is 1.36 bits per heavy atom. The highest BCUT2D eigenvalue weighted by Crippen LogP contribution is 2.12. The van der Waals surface area contributed by atoms with Gasteiger partial charge in [0.1, 0.15) is 6.10 Å². The summed E-state index contributed by atoms with van der Waals surface area (Å²) in [5.74, 6) is -1.09. The summed E-state index contributed by atoms with van der Waals surface area (Å²) < 4.78 is 0. The number of carboxylic acid groups (broad SMARTS) is 1. The van der Waals surface area contributed by atoms with Crippen LogP contribution in [-0.4, -0.2) is 56.9 Å². The fourth-order valence-electron chi connectivity index (χ4n) is 2.36. The Kier molecular flexibility index (Phi) is 22.7. The van der Waals surface area contributed by atoms with Crippen LogP contribution in [0.4, 0.5) is 0 Å². The molecule has 0 spiro atoms. The molecule has 0 saturated carbocycles. The van der Waals surface area contributed by atoms with Gasteiger partial charge in [-0.2, -0.15) is 0 Å². The summed E-state index contributed by atoms with van der Waals surface area (Å²) in [5.41, 5.74) is 0. The van der Waals surface area contributed by atoms with E-state index in [-0.39, 0.29) is 13.2 Å². The molecular formula is C19H40O6. The van der Waals surface area contributed by atoms with E-state index in [0.717, 1.165) is 12.8 Å². The Hall–Kier alpha value is -0.690. The first kappa shape index (κ1) is 26.5. The second-order valence-corrected chi connectivity index (χ2v) is 6.55. The van der Waals surface area contributed by atoms with Gasteiger partial charge in [0.05, 0.1) is 13.2 Å². The number of aliphatic carboxylic acids is 1. The number of unbranched alkanes of at least 4 members (excludes halogenated alkanes) is 11. The fourth-order valence-corrected chi connectivity index (χ4v) is 2.36. The lowest BCUT2D eigenvalue weighted by Gasteiger charge is -2.05. The predicted molar refractivity (Wildman–Crippen MR) is 99.5 cm³/mol. The number of aliphatic hydroxyl groups excluding tert-OH is 4. The number of aliphatic hydroxyl groups is 4. The zero-order valence-corrected chi connectivity index (χ0v) is 15.9. The molecule has 0 aliphatic carbocycles. The van der Waals surface area contributed by atoms with Crippen LogP contribution in [0.5, 0.6) is 0 Å². The van der Waals surface area contributed by atoms with E-state index >= 15 is 0 Å². The minimum Gasteiger partial charge on any atom is -0.479 e. The van der Waals surface area contributed by atoms with Crippen molar-refractivity contribution in [1.82, 2.24) is 0 Å². The molecule has 0 saturated heterocycles. The van der Waals surface area contributed by atoms with Gasteiger partial charge in [0, 0.05) is 0 Å². The first-order valence-corrected chi connectivity index (χ1v) is 9.80. The summed E-state index contributed by atoms with van der Waals surface area (Å²) in [6.45, 7) is 1.52. The zero-order chi connectivity index (χ0) is 19.3. The largest absolute Gasteiger partial charge is 0.479 e. The third-order valence-electron chi connectivity index (χ3n) is 4.04. The molecule has 0 aliphatic rings. The van der Waals surface area contributed by atoms with Crippen molar-refractivity contribution >= 4 is 5.97 Å². The Bertz CT molecular complexity index is 269. The molecule has 6 heteroatoms. The highest BCUT2D eigenvalue weighted by atomic mass is 16.4. The molecule has 0 amide bonds. The Morgan fingerprint density at radius 2 is 1.08 bits per heavy atom. The van der Waals surface area contributed by atoms with E-state index in [9.17, 15) is 4.79 Å². The highest BCUT2D eigenvalue weighted by molar-refractivity contribution is 5.71. The zero-order valence-electron chi connectivity index (χ0n) is 15.9. The quantitative estimate of drug-likeness (QED) is 0.269. The van der Waals surface area contributed by atoms with Gasteiger partial charge in [-0.1, -0.05) is 84.0 Å². The molecule has 0 bridgehead atoms. The van der Waals surface area contributed by atoms with E-state index in [1.807, 2.05) is 0 Å². The molecule has 0 aromatic carbocycles. The molecule has 0 aliphatic heterocycles. The van der Waals surface area contributed by atoms with E-state index in [4.69, 9.17) is 25.5 Å². The third kappa shape index (κ3) is 23.3. The predicted octanol–water partition coefficient (Wildman–Crippen LogP) is 2.86. The minimum absolute atomic E-state index is 0.365. The lowest BCUT2D eigenvalue weighted by molar-refractivity contribution is -0.146. The molecule has 0 aromatic rings. The Morgan fingerprint density at radius 1 is 0.720 bits per heavy atom. The molecule has 25 heavy (non-hydrogen) atoms. The minimum atomic E-state index is -1.16. The monoisotopic (exact) mass is 364 g/mol. The highest BCUT2D eigenvalue weighted by Gasteiger charge is 2.11. The second-order valence-electron chi connectivity index (χ2n) is 6.55. The number of hydrogen-bond acceptors (Lipinski definition) is 5. The van der Waals surface area contributed by atoms with Crippen molar-refractivity contribution in [3.05, 3.63) is 0 Å². The molecular weight excluding hydrogens is 324 g/mol. The van der Waals surface area contributed by atoms with Crippen LogP contribution >= 0.6 is 0 Å². The topological polar surface area (TPSA) is 118 Å². The van der Waals surface area contributed by atoms with Gasteiger partial charge in [-0.3, -0.25) is 0 Å². The first-order valence-electron chi connectivity index (χ1n) is 9.80. The van der Waals surface area contributed by atoms with Crippen molar-refractivity contribution in [2.45, 2.75) is 103 Å². The standard InChI is InChI=1S/C16H32O3.C3H8O3/c1-2-3-4-5-6-7-8-9-10-11-12-13-14-15(17)16(18)19;4-1-3(6)2-5/h15,17H,2-14H2,1H3,(H,18,19);3-6H,1-2H2. The van der Waals surface area contributed by atoms with Gasteiger partial charge in [0.15, 0.2) is 6.10 Å². The number of hydrogen-bond donors (Lipinski definition) is 5. The molecule has 1 atom stereocenters. The van der Waals surface area contributed by atoms with Crippen LogP contribution in [0.2, 0.25) is 0 Å². The van der Waals surface area contributed by atoms with Crippen LogP contribution in [0.15, 0.2) is 0 Å². The van der Waals surface area contributed by atoms with E-state index in [1.165, 1.54) is 64.2 Å². The van der Waals surface area contributed by atoms with Crippen LogP contribution in [0.3, 0.4) is 0 Å². The Balaban J connectivity index is 0. The van der Waals surface area contributed by atoms with Crippen LogP contribution in [0, 0.1) is 0 Å². The van der Waals surface area contributed by atoms with Crippen molar-refractivity contribution in [3.63, 3.8) is 0 Å². The molecule has 0 aromatic heterocycles. The Labute approximate surface area is 152 Å².